The Morgan fingerprint density at radius 2 is 2.29 bits per heavy atom. The molecule has 21 heavy (non-hydrogen) atoms. The molecule has 1 atom stereocenters. The molecule has 1 heterocycles. The predicted octanol–water partition coefficient (Wildman–Crippen LogP) is 2.77. The number of hydrogen-bond acceptors (Lipinski definition) is 4. The summed E-state index contributed by atoms with van der Waals surface area (Å²) >= 11 is 3.37. The molecule has 0 aliphatic heterocycles. The van der Waals surface area contributed by atoms with Crippen molar-refractivity contribution in [2.24, 2.45) is 5.92 Å². The van der Waals surface area contributed by atoms with Gasteiger partial charge in [0, 0.05) is 13.1 Å². The van der Waals surface area contributed by atoms with Crippen LogP contribution < -0.4 is 10.9 Å². The van der Waals surface area contributed by atoms with Gasteiger partial charge in [0.2, 0.25) is 0 Å². The van der Waals surface area contributed by atoms with Gasteiger partial charge in [0.1, 0.15) is 5.69 Å². The fourth-order valence-electron chi connectivity index (χ4n) is 2.58. The highest BCUT2D eigenvalue weighted by Crippen LogP contribution is 2.27. The van der Waals surface area contributed by atoms with Gasteiger partial charge in [-0.05, 0) is 48.0 Å². The van der Waals surface area contributed by atoms with Crippen LogP contribution in [0.2, 0.25) is 0 Å². The first kappa shape index (κ1) is 16.5. The van der Waals surface area contributed by atoms with E-state index in [1.807, 2.05) is 6.92 Å². The molecule has 1 aromatic heterocycles. The summed E-state index contributed by atoms with van der Waals surface area (Å²) in [6.45, 7) is 4.85. The molecule has 0 amide bonds. The summed E-state index contributed by atoms with van der Waals surface area (Å²) in [5.74, 6) is 0.576. The fraction of sp³-hybridized carbons (Fsp3) is 0.733. The molecule has 0 radical (unpaired) electrons. The van der Waals surface area contributed by atoms with E-state index in [4.69, 9.17) is 0 Å². The molecule has 1 unspecified atom stereocenters. The molecule has 1 fully saturated rings. The number of halogens is 1. The Bertz CT molecular complexity index is 538. The Kier molecular flexibility index (Phi) is 5.43. The average Bonchev–Trinajstić information content (AvgIpc) is 2.35. The minimum absolute atomic E-state index is 0.122. The predicted molar refractivity (Wildman–Crippen MR) is 87.6 cm³/mol. The summed E-state index contributed by atoms with van der Waals surface area (Å²) < 4.78 is 2.18. The van der Waals surface area contributed by atoms with Gasteiger partial charge in [-0.15, -0.1) is 0 Å². The van der Waals surface area contributed by atoms with Crippen molar-refractivity contribution >= 4 is 21.6 Å². The summed E-state index contributed by atoms with van der Waals surface area (Å²) in [6, 6.07) is 0. The van der Waals surface area contributed by atoms with Crippen molar-refractivity contribution in [1.29, 1.82) is 0 Å². The molecule has 2 N–H and O–H groups in total. The molecule has 1 saturated carbocycles. The van der Waals surface area contributed by atoms with Gasteiger partial charge < -0.3 is 10.4 Å². The van der Waals surface area contributed by atoms with E-state index >= 15 is 0 Å². The van der Waals surface area contributed by atoms with Crippen molar-refractivity contribution < 1.29 is 5.11 Å². The lowest BCUT2D eigenvalue weighted by molar-refractivity contribution is 0.0636. The summed E-state index contributed by atoms with van der Waals surface area (Å²) in [5, 5.41) is 17.5. The van der Waals surface area contributed by atoms with Crippen LogP contribution in [-0.2, 0) is 6.54 Å². The van der Waals surface area contributed by atoms with Crippen LogP contribution in [0.1, 0.15) is 46.0 Å². The first-order valence-corrected chi connectivity index (χ1v) is 8.44. The second-order valence-electron chi connectivity index (χ2n) is 6.25. The second kappa shape index (κ2) is 6.92. The summed E-state index contributed by atoms with van der Waals surface area (Å²) in [7, 11) is 0. The number of hydrogen-bond donors (Lipinski definition) is 2. The SMILES string of the molecule is CCCC(C)(O)CNc1c(Br)cnn(CC2CCC2)c1=O. The monoisotopic (exact) mass is 357 g/mol. The molecule has 1 aliphatic carbocycles. The molecule has 5 nitrogen and oxygen atoms in total. The van der Waals surface area contributed by atoms with E-state index in [2.05, 4.69) is 26.3 Å². The van der Waals surface area contributed by atoms with Crippen molar-refractivity contribution in [2.75, 3.05) is 11.9 Å². The number of anilines is 1. The van der Waals surface area contributed by atoms with Crippen LogP contribution in [0.15, 0.2) is 15.5 Å². The lowest BCUT2D eigenvalue weighted by atomic mass is 9.85. The normalized spacial score (nSPS) is 18.1. The van der Waals surface area contributed by atoms with Gasteiger partial charge >= 0.3 is 0 Å². The molecule has 1 aromatic rings. The van der Waals surface area contributed by atoms with Crippen molar-refractivity contribution in [3.05, 3.63) is 21.0 Å². The maximum absolute atomic E-state index is 12.5. The van der Waals surface area contributed by atoms with Gasteiger partial charge in [-0.25, -0.2) is 4.68 Å². The molecule has 118 valence electrons. The van der Waals surface area contributed by atoms with E-state index < -0.39 is 5.60 Å². The van der Waals surface area contributed by atoms with Gasteiger partial charge in [-0.1, -0.05) is 19.8 Å². The molecule has 0 aromatic carbocycles. The first-order chi connectivity index (χ1) is 9.93. The van der Waals surface area contributed by atoms with E-state index in [1.165, 1.54) is 23.9 Å². The number of aromatic nitrogens is 2. The van der Waals surface area contributed by atoms with E-state index in [1.54, 1.807) is 13.1 Å². The number of rotatable bonds is 7. The van der Waals surface area contributed by atoms with Crippen LogP contribution >= 0.6 is 15.9 Å². The molecular weight excluding hydrogens is 334 g/mol. The van der Waals surface area contributed by atoms with Crippen LogP contribution in [0.25, 0.3) is 0 Å². The van der Waals surface area contributed by atoms with Crippen molar-refractivity contribution in [3.63, 3.8) is 0 Å². The van der Waals surface area contributed by atoms with Gasteiger partial charge in [-0.2, -0.15) is 5.10 Å². The second-order valence-corrected chi connectivity index (χ2v) is 7.11. The van der Waals surface area contributed by atoms with Crippen LogP contribution in [0.3, 0.4) is 0 Å². The number of nitrogens with one attached hydrogen (secondary N) is 1. The van der Waals surface area contributed by atoms with Crippen molar-refractivity contribution in [1.82, 2.24) is 9.78 Å². The van der Waals surface area contributed by atoms with Gasteiger partial charge in [-0.3, -0.25) is 4.79 Å². The zero-order valence-electron chi connectivity index (χ0n) is 12.7. The molecule has 0 spiro atoms. The Morgan fingerprint density at radius 3 is 2.86 bits per heavy atom. The molecule has 6 heteroatoms. The molecule has 1 aliphatic rings. The van der Waals surface area contributed by atoms with Crippen LogP contribution in [0.5, 0.6) is 0 Å². The quantitative estimate of drug-likeness (QED) is 0.787. The topological polar surface area (TPSA) is 67.2 Å². The zero-order valence-corrected chi connectivity index (χ0v) is 14.3. The molecule has 0 bridgehead atoms. The largest absolute Gasteiger partial charge is 0.388 e. The first-order valence-electron chi connectivity index (χ1n) is 7.65. The Balaban J connectivity index is 2.10. The smallest absolute Gasteiger partial charge is 0.291 e. The maximum atomic E-state index is 12.5. The third-order valence-electron chi connectivity index (χ3n) is 4.09. The molecule has 2 rings (SSSR count). The zero-order chi connectivity index (χ0) is 15.5. The third-order valence-corrected chi connectivity index (χ3v) is 4.69. The Labute approximate surface area is 133 Å². The fourth-order valence-corrected chi connectivity index (χ4v) is 2.99. The van der Waals surface area contributed by atoms with Gasteiger partial charge in [0.05, 0.1) is 16.3 Å². The van der Waals surface area contributed by atoms with Crippen LogP contribution in [0.4, 0.5) is 5.69 Å². The number of aliphatic hydroxyl groups is 1. The van der Waals surface area contributed by atoms with Crippen molar-refractivity contribution in [3.8, 4) is 0 Å². The molecular formula is C15H24BrN3O2. The lowest BCUT2D eigenvalue weighted by Crippen LogP contribution is -2.36. The Morgan fingerprint density at radius 1 is 1.57 bits per heavy atom. The van der Waals surface area contributed by atoms with E-state index in [0.29, 0.717) is 35.6 Å². The highest BCUT2D eigenvalue weighted by molar-refractivity contribution is 9.10. The third kappa shape index (κ3) is 4.30. The van der Waals surface area contributed by atoms with Gasteiger partial charge in [0.15, 0.2) is 0 Å². The van der Waals surface area contributed by atoms with Crippen molar-refractivity contribution in [2.45, 2.75) is 58.1 Å². The number of nitrogens with zero attached hydrogens (tertiary/aromatic N) is 2. The minimum atomic E-state index is -0.817. The maximum Gasteiger partial charge on any atom is 0.291 e. The lowest BCUT2D eigenvalue weighted by Gasteiger charge is -2.26. The summed E-state index contributed by atoms with van der Waals surface area (Å²) in [6.07, 6.45) is 6.85. The van der Waals surface area contributed by atoms with Crippen LogP contribution in [-0.4, -0.2) is 27.0 Å². The highest BCUT2D eigenvalue weighted by atomic mass is 79.9. The van der Waals surface area contributed by atoms with Crippen LogP contribution in [0, 0.1) is 5.92 Å². The average molecular weight is 358 g/mol. The van der Waals surface area contributed by atoms with Gasteiger partial charge in [0.25, 0.3) is 5.56 Å². The summed E-state index contributed by atoms with van der Waals surface area (Å²) in [5.41, 5.74) is -0.452. The van der Waals surface area contributed by atoms with E-state index in [0.717, 1.165) is 6.42 Å². The standard InChI is InChI=1S/C15H24BrN3O2/c1-3-7-15(2,21)10-17-13-12(16)8-18-19(14(13)20)9-11-5-4-6-11/h8,11,17,21H,3-7,9-10H2,1-2H3. The minimum Gasteiger partial charge on any atom is -0.388 e. The van der Waals surface area contributed by atoms with E-state index in [9.17, 15) is 9.90 Å². The highest BCUT2D eigenvalue weighted by Gasteiger charge is 2.22. The summed E-state index contributed by atoms with van der Waals surface area (Å²) in [4.78, 5) is 12.5. The Hall–Kier alpha value is -0.880. The van der Waals surface area contributed by atoms with E-state index in [-0.39, 0.29) is 5.56 Å². The molecule has 0 saturated heterocycles.